The maximum absolute atomic E-state index is 11.6. The molecule has 2 nitrogen and oxygen atoms in total. The molecule has 1 amide bonds. The van der Waals surface area contributed by atoms with Crippen molar-refractivity contribution in [1.82, 2.24) is 0 Å². The maximum atomic E-state index is 11.6. The van der Waals surface area contributed by atoms with Crippen LogP contribution in [0.25, 0.3) is 5.57 Å². The van der Waals surface area contributed by atoms with Gasteiger partial charge in [0.1, 0.15) is 0 Å². The molecule has 0 bridgehead atoms. The lowest BCUT2D eigenvalue weighted by molar-refractivity contribution is -0.121. The number of carbonyl (C=O) groups is 1. The predicted molar refractivity (Wildman–Crippen MR) is 68.6 cm³/mol. The maximum Gasteiger partial charge on any atom is 0.224 e. The number of primary amides is 1. The van der Waals surface area contributed by atoms with Gasteiger partial charge >= 0.3 is 0 Å². The Kier molecular flexibility index (Phi) is 1.81. The number of rotatable bonds is 1. The highest BCUT2D eigenvalue weighted by molar-refractivity contribution is 6.30. The van der Waals surface area contributed by atoms with Gasteiger partial charge in [-0.05, 0) is 60.0 Å². The summed E-state index contributed by atoms with van der Waals surface area (Å²) in [5.41, 5.74) is 8.07. The molecule has 88 valence electrons. The second-order valence-corrected chi connectivity index (χ2v) is 4.86. The van der Waals surface area contributed by atoms with Gasteiger partial charge in [-0.15, -0.1) is 0 Å². The highest BCUT2D eigenvalue weighted by atomic mass is 35.5. The zero-order valence-electron chi connectivity index (χ0n) is 12.2. The zero-order chi connectivity index (χ0) is 14.7. The molecular weight excluding hydrogens is 234 g/mol. The molecule has 2 aliphatic rings. The Bertz CT molecular complexity index is 654. The first-order valence-electron chi connectivity index (χ1n) is 7.14. The number of hydrogen-bond donors (Lipinski definition) is 1. The molecule has 0 heterocycles. The Labute approximate surface area is 110 Å². The van der Waals surface area contributed by atoms with E-state index < -0.39 is 18.2 Å². The van der Waals surface area contributed by atoms with Gasteiger partial charge in [-0.2, -0.15) is 0 Å². The standard InChI is InChI=1S/C14H14ClNO/c15-9-5-4-8-6-13-10(12(8)7-9)2-1-3-11(13)14(16)17/h4-5,7,11H,1-3,6H2,(H2,16,17)/i2D2,7D. The molecule has 0 spiro atoms. The van der Waals surface area contributed by atoms with Crippen LogP contribution in [-0.2, 0) is 11.2 Å². The molecule has 3 heteroatoms. The van der Waals surface area contributed by atoms with Crippen molar-refractivity contribution in [2.24, 2.45) is 11.7 Å². The van der Waals surface area contributed by atoms with Crippen LogP contribution in [0.5, 0.6) is 0 Å². The lowest BCUT2D eigenvalue weighted by Crippen LogP contribution is -2.27. The van der Waals surface area contributed by atoms with Gasteiger partial charge < -0.3 is 5.73 Å². The molecule has 0 aromatic heterocycles. The van der Waals surface area contributed by atoms with Gasteiger partial charge in [0.25, 0.3) is 0 Å². The fourth-order valence-electron chi connectivity index (χ4n) is 2.65. The van der Waals surface area contributed by atoms with Gasteiger partial charge in [-0.25, -0.2) is 0 Å². The van der Waals surface area contributed by atoms with Crippen LogP contribution >= 0.6 is 11.6 Å². The summed E-state index contributed by atoms with van der Waals surface area (Å²) in [5.74, 6) is -0.849. The van der Waals surface area contributed by atoms with Crippen molar-refractivity contribution in [2.45, 2.75) is 25.6 Å². The van der Waals surface area contributed by atoms with Gasteiger partial charge in [0.05, 0.1) is 7.29 Å². The summed E-state index contributed by atoms with van der Waals surface area (Å²) in [6, 6.07) is 3.60. The summed E-state index contributed by atoms with van der Waals surface area (Å²) in [6.45, 7) is 0. The van der Waals surface area contributed by atoms with Crippen LogP contribution in [-0.4, -0.2) is 5.91 Å². The number of allylic oxidation sites excluding steroid dienone is 1. The van der Waals surface area contributed by atoms with Crippen LogP contribution in [0.15, 0.2) is 23.7 Å². The van der Waals surface area contributed by atoms with Gasteiger partial charge in [0.2, 0.25) is 5.91 Å². The first-order valence-corrected chi connectivity index (χ1v) is 6.02. The van der Waals surface area contributed by atoms with Gasteiger partial charge in [-0.1, -0.05) is 17.7 Å². The van der Waals surface area contributed by atoms with Gasteiger partial charge in [0, 0.05) is 7.76 Å². The highest BCUT2D eigenvalue weighted by Gasteiger charge is 2.32. The fourth-order valence-corrected chi connectivity index (χ4v) is 2.81. The number of amides is 1. The molecule has 1 unspecified atom stereocenters. The quantitative estimate of drug-likeness (QED) is 0.818. The SMILES string of the molecule is [2H]c1c(Cl)ccc2c1C1=C(C2)C(C(N)=O)CCC1([2H])[2H]. The molecular formula is C14H14ClNO. The molecule has 17 heavy (non-hydrogen) atoms. The minimum absolute atomic E-state index is 0.142. The zero-order valence-corrected chi connectivity index (χ0v) is 9.97. The smallest absolute Gasteiger partial charge is 0.224 e. The Morgan fingerprint density at radius 3 is 3.18 bits per heavy atom. The molecule has 1 aromatic carbocycles. The Morgan fingerprint density at radius 1 is 1.59 bits per heavy atom. The van der Waals surface area contributed by atoms with Crippen LogP contribution in [0.4, 0.5) is 0 Å². The molecule has 1 atom stereocenters. The number of fused-ring (bicyclic) bond motifs is 2. The Balaban J connectivity index is 2.26. The van der Waals surface area contributed by atoms with Crippen molar-refractivity contribution >= 4 is 23.1 Å². The van der Waals surface area contributed by atoms with E-state index in [1.54, 1.807) is 6.07 Å². The van der Waals surface area contributed by atoms with Crippen molar-refractivity contribution in [2.75, 3.05) is 0 Å². The Morgan fingerprint density at radius 2 is 2.41 bits per heavy atom. The van der Waals surface area contributed by atoms with E-state index in [4.69, 9.17) is 21.4 Å². The topological polar surface area (TPSA) is 43.1 Å². The average molecular weight is 251 g/mol. The lowest BCUT2D eigenvalue weighted by Gasteiger charge is -2.22. The monoisotopic (exact) mass is 250 g/mol. The largest absolute Gasteiger partial charge is 0.369 e. The first kappa shape index (κ1) is 7.93. The van der Waals surface area contributed by atoms with Crippen molar-refractivity contribution in [1.29, 1.82) is 0 Å². The number of nitrogens with two attached hydrogens (primary N) is 1. The van der Waals surface area contributed by atoms with E-state index in [0.717, 1.165) is 11.1 Å². The van der Waals surface area contributed by atoms with Crippen LogP contribution in [0.2, 0.25) is 5.02 Å². The molecule has 0 radical (unpaired) electrons. The summed E-state index contributed by atoms with van der Waals surface area (Å²) >= 11 is 5.99. The first-order chi connectivity index (χ1) is 9.33. The van der Waals surface area contributed by atoms with Crippen LogP contribution < -0.4 is 5.73 Å². The summed E-state index contributed by atoms with van der Waals surface area (Å²) in [7, 11) is 0. The van der Waals surface area contributed by atoms with Crippen molar-refractivity contribution < 1.29 is 8.91 Å². The molecule has 0 saturated carbocycles. The molecule has 0 saturated heterocycles. The number of halogens is 1. The van der Waals surface area contributed by atoms with Crippen molar-refractivity contribution in [3.05, 3.63) is 39.9 Å². The second-order valence-electron chi connectivity index (χ2n) is 4.45. The highest BCUT2D eigenvalue weighted by Crippen LogP contribution is 2.44. The van der Waals surface area contributed by atoms with E-state index in [2.05, 4.69) is 0 Å². The predicted octanol–water partition coefficient (Wildman–Crippen LogP) is 2.94. The third kappa shape index (κ3) is 1.67. The second kappa shape index (κ2) is 3.88. The van der Waals surface area contributed by atoms with E-state index in [1.807, 2.05) is 6.07 Å². The summed E-state index contributed by atoms with van der Waals surface area (Å²) < 4.78 is 24.5. The van der Waals surface area contributed by atoms with E-state index in [9.17, 15) is 4.79 Å². The molecule has 0 aliphatic heterocycles. The number of carbonyl (C=O) groups excluding carboxylic acids is 1. The third-order valence-electron chi connectivity index (χ3n) is 3.45. The number of hydrogen-bond acceptors (Lipinski definition) is 1. The fraction of sp³-hybridized carbons (Fsp3) is 0.357. The minimum Gasteiger partial charge on any atom is -0.369 e. The van der Waals surface area contributed by atoms with Crippen LogP contribution in [0.1, 0.15) is 34.5 Å². The molecule has 2 aliphatic carbocycles. The molecule has 0 fully saturated rings. The van der Waals surface area contributed by atoms with Gasteiger partial charge in [-0.3, -0.25) is 4.79 Å². The normalized spacial score (nSPS) is 27.8. The van der Waals surface area contributed by atoms with Crippen molar-refractivity contribution in [3.63, 3.8) is 0 Å². The van der Waals surface area contributed by atoms with E-state index in [1.165, 1.54) is 0 Å². The summed E-state index contributed by atoms with van der Waals surface area (Å²) in [5, 5.41) is 0.300. The molecule has 1 aromatic rings. The van der Waals surface area contributed by atoms with Crippen LogP contribution in [0.3, 0.4) is 0 Å². The van der Waals surface area contributed by atoms with E-state index >= 15 is 0 Å². The average Bonchev–Trinajstić information content (AvgIpc) is 2.74. The molecule has 2 N–H and O–H groups in total. The Hall–Kier alpha value is -1.28. The van der Waals surface area contributed by atoms with Crippen molar-refractivity contribution in [3.8, 4) is 0 Å². The minimum atomic E-state index is -1.53. The third-order valence-corrected chi connectivity index (χ3v) is 3.67. The lowest BCUT2D eigenvalue weighted by atomic mass is 9.82. The van der Waals surface area contributed by atoms with Crippen LogP contribution in [0, 0.1) is 5.92 Å². The summed E-state index contributed by atoms with van der Waals surface area (Å²) in [6.07, 6.45) is -0.380. The van der Waals surface area contributed by atoms with E-state index in [0.29, 0.717) is 29.0 Å². The number of benzene rings is 1. The van der Waals surface area contributed by atoms with Gasteiger partial charge in [0.15, 0.2) is 0 Å². The summed E-state index contributed by atoms with van der Waals surface area (Å²) in [4.78, 5) is 11.6. The molecule has 3 rings (SSSR count). The van der Waals surface area contributed by atoms with E-state index in [-0.39, 0.29) is 12.5 Å².